The molecule has 0 heterocycles. The lowest BCUT2D eigenvalue weighted by Crippen LogP contribution is -2.26. The lowest BCUT2D eigenvalue weighted by molar-refractivity contribution is 0.0952. The summed E-state index contributed by atoms with van der Waals surface area (Å²) < 4.78 is 5.74. The number of ether oxygens (including phenoxy) is 1. The fourth-order valence-corrected chi connectivity index (χ4v) is 3.06. The number of hydrogen-bond donors (Lipinski definition) is 2. The molecule has 0 saturated carbocycles. The van der Waals surface area contributed by atoms with E-state index in [2.05, 4.69) is 24.4 Å². The van der Waals surface area contributed by atoms with Gasteiger partial charge in [-0.3, -0.25) is 9.59 Å². The van der Waals surface area contributed by atoms with Crippen molar-refractivity contribution < 1.29 is 14.3 Å². The summed E-state index contributed by atoms with van der Waals surface area (Å²) in [5.74, 6) is -0.242. The standard InChI is InChI=1S/C24H24N2O3/c1-17-7-2-3-9-19(17)13-14-26-24(28)20-10-6-8-18(15-20)16-29-22-12-5-4-11-21(22)23(25)27/h2-12,15H,13-14,16H2,1H3,(H2,25,27)(H,26,28). The number of hydrogen-bond acceptors (Lipinski definition) is 3. The summed E-state index contributed by atoms with van der Waals surface area (Å²) in [7, 11) is 0. The molecule has 3 aromatic carbocycles. The molecule has 29 heavy (non-hydrogen) atoms. The second kappa shape index (κ2) is 9.55. The van der Waals surface area contributed by atoms with Crippen LogP contribution < -0.4 is 15.8 Å². The molecule has 5 heteroatoms. The summed E-state index contributed by atoms with van der Waals surface area (Å²) in [5.41, 5.74) is 9.55. The zero-order valence-corrected chi connectivity index (χ0v) is 16.4. The molecule has 0 saturated heterocycles. The Hall–Kier alpha value is -3.60. The molecule has 0 aromatic heterocycles. The van der Waals surface area contributed by atoms with Crippen molar-refractivity contribution in [2.75, 3.05) is 6.54 Å². The molecule has 148 valence electrons. The second-order valence-corrected chi connectivity index (χ2v) is 6.78. The van der Waals surface area contributed by atoms with Gasteiger partial charge in [0.25, 0.3) is 11.8 Å². The van der Waals surface area contributed by atoms with E-state index in [1.165, 1.54) is 11.1 Å². The Bertz CT molecular complexity index is 1010. The molecule has 0 bridgehead atoms. The largest absolute Gasteiger partial charge is 0.488 e. The van der Waals surface area contributed by atoms with Gasteiger partial charge >= 0.3 is 0 Å². The molecular weight excluding hydrogens is 364 g/mol. The van der Waals surface area contributed by atoms with E-state index in [0.29, 0.717) is 23.4 Å². The second-order valence-electron chi connectivity index (χ2n) is 6.78. The van der Waals surface area contributed by atoms with Crippen molar-refractivity contribution in [2.45, 2.75) is 20.0 Å². The molecule has 0 aliphatic rings. The maximum absolute atomic E-state index is 12.5. The van der Waals surface area contributed by atoms with Gasteiger partial charge in [0.2, 0.25) is 0 Å². The van der Waals surface area contributed by atoms with E-state index in [0.717, 1.165) is 12.0 Å². The molecule has 3 rings (SSSR count). The van der Waals surface area contributed by atoms with Crippen LogP contribution in [0.5, 0.6) is 5.75 Å². The van der Waals surface area contributed by atoms with Crippen LogP contribution in [-0.4, -0.2) is 18.4 Å². The minimum atomic E-state index is -0.539. The van der Waals surface area contributed by atoms with Crippen LogP contribution in [0.2, 0.25) is 0 Å². The van der Waals surface area contributed by atoms with E-state index in [-0.39, 0.29) is 12.5 Å². The van der Waals surface area contributed by atoms with E-state index in [1.807, 2.05) is 24.3 Å². The number of benzene rings is 3. The Morgan fingerprint density at radius 3 is 2.52 bits per heavy atom. The molecule has 0 unspecified atom stereocenters. The average Bonchev–Trinajstić information content (AvgIpc) is 2.74. The fourth-order valence-electron chi connectivity index (χ4n) is 3.06. The van der Waals surface area contributed by atoms with Crippen molar-refractivity contribution in [3.63, 3.8) is 0 Å². The van der Waals surface area contributed by atoms with Gasteiger partial charge in [-0.1, -0.05) is 48.5 Å². The van der Waals surface area contributed by atoms with Crippen LogP contribution >= 0.6 is 0 Å². The first-order chi connectivity index (χ1) is 14.0. The summed E-state index contributed by atoms with van der Waals surface area (Å²) in [4.78, 5) is 24.0. The first kappa shape index (κ1) is 20.1. The maximum atomic E-state index is 12.5. The molecule has 0 aliphatic carbocycles. The molecular formula is C24H24N2O3. The van der Waals surface area contributed by atoms with Gasteiger partial charge in [-0.2, -0.15) is 0 Å². The van der Waals surface area contributed by atoms with Gasteiger partial charge in [0.05, 0.1) is 5.56 Å². The summed E-state index contributed by atoms with van der Waals surface area (Å²) in [6.07, 6.45) is 0.783. The third kappa shape index (κ3) is 5.45. The van der Waals surface area contributed by atoms with E-state index < -0.39 is 5.91 Å². The van der Waals surface area contributed by atoms with Crippen LogP contribution in [0.1, 0.15) is 37.4 Å². The first-order valence-corrected chi connectivity index (χ1v) is 9.48. The van der Waals surface area contributed by atoms with Crippen molar-refractivity contribution in [3.8, 4) is 5.75 Å². The minimum Gasteiger partial charge on any atom is -0.488 e. The number of carbonyl (C=O) groups excluding carboxylic acids is 2. The van der Waals surface area contributed by atoms with Gasteiger partial charge in [0.15, 0.2) is 0 Å². The average molecular weight is 388 g/mol. The number of para-hydroxylation sites is 1. The van der Waals surface area contributed by atoms with Crippen LogP contribution in [0.4, 0.5) is 0 Å². The Labute approximate surface area is 170 Å². The highest BCUT2D eigenvalue weighted by Crippen LogP contribution is 2.19. The van der Waals surface area contributed by atoms with Crippen LogP contribution in [-0.2, 0) is 13.0 Å². The molecule has 3 N–H and O–H groups in total. The summed E-state index contributed by atoms with van der Waals surface area (Å²) in [6, 6.07) is 22.2. The number of nitrogens with one attached hydrogen (secondary N) is 1. The van der Waals surface area contributed by atoms with Crippen molar-refractivity contribution in [1.82, 2.24) is 5.32 Å². The third-order valence-electron chi connectivity index (χ3n) is 4.68. The third-order valence-corrected chi connectivity index (χ3v) is 4.68. The first-order valence-electron chi connectivity index (χ1n) is 9.48. The fraction of sp³-hybridized carbons (Fsp3) is 0.167. The molecule has 3 aromatic rings. The van der Waals surface area contributed by atoms with Crippen LogP contribution in [0.25, 0.3) is 0 Å². The number of rotatable bonds is 8. The topological polar surface area (TPSA) is 81.4 Å². The number of amides is 2. The number of aryl methyl sites for hydroxylation is 1. The van der Waals surface area contributed by atoms with E-state index in [1.54, 1.807) is 36.4 Å². The van der Waals surface area contributed by atoms with Crippen LogP contribution in [0.3, 0.4) is 0 Å². The van der Waals surface area contributed by atoms with Crippen molar-refractivity contribution >= 4 is 11.8 Å². The highest BCUT2D eigenvalue weighted by atomic mass is 16.5. The smallest absolute Gasteiger partial charge is 0.252 e. The summed E-state index contributed by atoms with van der Waals surface area (Å²) in [6.45, 7) is 2.86. The monoisotopic (exact) mass is 388 g/mol. The zero-order chi connectivity index (χ0) is 20.6. The van der Waals surface area contributed by atoms with E-state index in [4.69, 9.17) is 10.5 Å². The van der Waals surface area contributed by atoms with Gasteiger partial charge in [-0.25, -0.2) is 0 Å². The van der Waals surface area contributed by atoms with Gasteiger partial charge in [-0.05, 0) is 54.3 Å². The SMILES string of the molecule is Cc1ccccc1CCNC(=O)c1cccc(COc2ccccc2C(N)=O)c1. The maximum Gasteiger partial charge on any atom is 0.252 e. The van der Waals surface area contributed by atoms with E-state index >= 15 is 0 Å². The molecule has 0 spiro atoms. The molecule has 5 nitrogen and oxygen atoms in total. The normalized spacial score (nSPS) is 10.4. The van der Waals surface area contributed by atoms with Crippen molar-refractivity contribution in [1.29, 1.82) is 0 Å². The van der Waals surface area contributed by atoms with Gasteiger partial charge in [-0.15, -0.1) is 0 Å². The van der Waals surface area contributed by atoms with Crippen molar-refractivity contribution in [2.24, 2.45) is 5.73 Å². The lowest BCUT2D eigenvalue weighted by atomic mass is 10.1. The Morgan fingerprint density at radius 2 is 1.72 bits per heavy atom. The number of carbonyl (C=O) groups is 2. The van der Waals surface area contributed by atoms with Crippen molar-refractivity contribution in [3.05, 3.63) is 101 Å². The highest BCUT2D eigenvalue weighted by molar-refractivity contribution is 5.95. The van der Waals surface area contributed by atoms with Gasteiger partial charge in [0.1, 0.15) is 12.4 Å². The molecule has 0 aliphatic heterocycles. The highest BCUT2D eigenvalue weighted by Gasteiger charge is 2.10. The predicted octanol–water partition coefficient (Wildman–Crippen LogP) is 3.65. The number of primary amides is 1. The quantitative estimate of drug-likeness (QED) is 0.618. The van der Waals surface area contributed by atoms with E-state index in [9.17, 15) is 9.59 Å². The van der Waals surface area contributed by atoms with Gasteiger partial charge in [0, 0.05) is 12.1 Å². The molecule has 0 fully saturated rings. The summed E-state index contributed by atoms with van der Waals surface area (Å²) in [5, 5.41) is 2.96. The molecule has 0 radical (unpaired) electrons. The predicted molar refractivity (Wildman–Crippen MR) is 113 cm³/mol. The summed E-state index contributed by atoms with van der Waals surface area (Å²) >= 11 is 0. The molecule has 0 atom stereocenters. The van der Waals surface area contributed by atoms with Crippen LogP contribution in [0.15, 0.2) is 72.8 Å². The zero-order valence-electron chi connectivity index (χ0n) is 16.4. The minimum absolute atomic E-state index is 0.127. The Kier molecular flexibility index (Phi) is 6.63. The lowest BCUT2D eigenvalue weighted by Gasteiger charge is -2.11. The Balaban J connectivity index is 1.58. The molecule has 2 amide bonds. The van der Waals surface area contributed by atoms with Crippen LogP contribution in [0, 0.1) is 6.92 Å². The van der Waals surface area contributed by atoms with Gasteiger partial charge < -0.3 is 15.8 Å². The number of nitrogens with two attached hydrogens (primary N) is 1. The Morgan fingerprint density at radius 1 is 0.966 bits per heavy atom.